The van der Waals surface area contributed by atoms with Crippen molar-refractivity contribution in [2.75, 3.05) is 4.90 Å². The maximum Gasteiger partial charge on any atom is 0.0713 e. The molecule has 0 bridgehead atoms. The molecular formula is C57H39N. The summed E-state index contributed by atoms with van der Waals surface area (Å²) in [6.07, 6.45) is 0. The van der Waals surface area contributed by atoms with Gasteiger partial charge in [-0.15, -0.1) is 0 Å². The standard InChI is InChI=1S/C57H39N/c1-4-18-43(19-5-1)57(44-20-6-2-7-21-44)54-29-15-14-27-52(54)56-49(28-16-30-55(56)57)40-31-35-46(36-32-40)58(45-22-8-3-9-23-45)47-37-33-41(34-38-47)53-39-42-17-10-11-24-48(42)50-25-12-13-26-51(50)53/h1-39H. The lowest BCUT2D eigenvalue weighted by atomic mass is 9.67. The van der Waals surface area contributed by atoms with Crippen molar-refractivity contribution in [3.63, 3.8) is 0 Å². The van der Waals surface area contributed by atoms with E-state index < -0.39 is 5.41 Å². The van der Waals surface area contributed by atoms with Crippen molar-refractivity contribution in [2.24, 2.45) is 0 Å². The molecule has 11 rings (SSSR count). The van der Waals surface area contributed by atoms with Crippen LogP contribution in [0.4, 0.5) is 17.1 Å². The van der Waals surface area contributed by atoms with Gasteiger partial charge in [0.1, 0.15) is 0 Å². The summed E-state index contributed by atoms with van der Waals surface area (Å²) < 4.78 is 0. The predicted molar refractivity (Wildman–Crippen MR) is 244 cm³/mol. The fourth-order valence-corrected chi connectivity index (χ4v) is 9.63. The monoisotopic (exact) mass is 737 g/mol. The third kappa shape index (κ3) is 5.32. The van der Waals surface area contributed by atoms with E-state index >= 15 is 0 Å². The van der Waals surface area contributed by atoms with E-state index in [1.807, 2.05) is 0 Å². The molecule has 1 aliphatic carbocycles. The van der Waals surface area contributed by atoms with Gasteiger partial charge in [0.15, 0.2) is 0 Å². The maximum absolute atomic E-state index is 2.35. The summed E-state index contributed by atoms with van der Waals surface area (Å²) in [6.45, 7) is 0. The van der Waals surface area contributed by atoms with Gasteiger partial charge in [-0.25, -0.2) is 0 Å². The van der Waals surface area contributed by atoms with Crippen LogP contribution in [0.5, 0.6) is 0 Å². The molecule has 1 nitrogen and oxygen atoms in total. The zero-order valence-electron chi connectivity index (χ0n) is 32.0. The number of para-hydroxylation sites is 1. The second-order valence-corrected chi connectivity index (χ2v) is 15.2. The maximum atomic E-state index is 2.35. The molecule has 0 amide bonds. The summed E-state index contributed by atoms with van der Waals surface area (Å²) >= 11 is 0. The SMILES string of the molecule is c1ccc(N(c2ccc(-c3cccc4c3-c3ccccc3C4(c3ccccc3)c3ccccc3)cc2)c2ccc(-c3cc4ccccc4c4ccccc34)cc2)cc1. The minimum Gasteiger partial charge on any atom is -0.311 e. The highest BCUT2D eigenvalue weighted by Crippen LogP contribution is 2.58. The zero-order chi connectivity index (χ0) is 38.5. The Morgan fingerprint density at radius 3 is 1.41 bits per heavy atom. The number of hydrogen-bond donors (Lipinski definition) is 0. The molecule has 0 N–H and O–H groups in total. The lowest BCUT2D eigenvalue weighted by Crippen LogP contribution is -2.28. The minimum absolute atomic E-state index is 0.431. The van der Waals surface area contributed by atoms with Crippen LogP contribution in [0.2, 0.25) is 0 Å². The molecule has 10 aromatic carbocycles. The molecule has 0 unspecified atom stereocenters. The molecule has 0 aromatic heterocycles. The molecule has 0 spiro atoms. The van der Waals surface area contributed by atoms with Crippen molar-refractivity contribution in [3.05, 3.63) is 259 Å². The molecule has 0 aliphatic heterocycles. The van der Waals surface area contributed by atoms with E-state index in [0.29, 0.717) is 0 Å². The van der Waals surface area contributed by atoms with Crippen LogP contribution in [0.3, 0.4) is 0 Å². The highest BCUT2D eigenvalue weighted by Gasteiger charge is 2.46. The Balaban J connectivity index is 1.02. The summed E-state index contributed by atoms with van der Waals surface area (Å²) in [7, 11) is 0. The minimum atomic E-state index is -0.431. The molecule has 58 heavy (non-hydrogen) atoms. The van der Waals surface area contributed by atoms with Crippen LogP contribution in [0.15, 0.2) is 237 Å². The first-order valence-electron chi connectivity index (χ1n) is 20.1. The molecule has 272 valence electrons. The van der Waals surface area contributed by atoms with Crippen LogP contribution in [0, 0.1) is 0 Å². The van der Waals surface area contributed by atoms with E-state index in [1.54, 1.807) is 0 Å². The van der Waals surface area contributed by atoms with Gasteiger partial charge in [0.25, 0.3) is 0 Å². The van der Waals surface area contributed by atoms with Crippen LogP contribution in [-0.2, 0) is 5.41 Å². The first-order valence-corrected chi connectivity index (χ1v) is 20.1. The Kier molecular flexibility index (Phi) is 8.12. The molecule has 1 heteroatoms. The van der Waals surface area contributed by atoms with E-state index in [9.17, 15) is 0 Å². The van der Waals surface area contributed by atoms with Gasteiger partial charge in [-0.2, -0.15) is 0 Å². The Labute approximate surface area is 339 Å². The lowest BCUT2D eigenvalue weighted by Gasteiger charge is -2.34. The van der Waals surface area contributed by atoms with Gasteiger partial charge >= 0.3 is 0 Å². The summed E-state index contributed by atoms with van der Waals surface area (Å²) in [5.74, 6) is 0. The molecule has 0 heterocycles. The van der Waals surface area contributed by atoms with Gasteiger partial charge in [-0.1, -0.05) is 194 Å². The summed E-state index contributed by atoms with van der Waals surface area (Å²) in [6, 6.07) is 86.6. The van der Waals surface area contributed by atoms with Gasteiger partial charge in [-0.05, 0) is 120 Å². The van der Waals surface area contributed by atoms with Crippen molar-refractivity contribution in [2.45, 2.75) is 5.41 Å². The molecule has 1 aliphatic rings. The van der Waals surface area contributed by atoms with Gasteiger partial charge in [0.05, 0.1) is 5.41 Å². The average molecular weight is 738 g/mol. The topological polar surface area (TPSA) is 3.24 Å². The molecule has 10 aromatic rings. The van der Waals surface area contributed by atoms with Crippen LogP contribution < -0.4 is 4.90 Å². The van der Waals surface area contributed by atoms with Crippen LogP contribution in [0.25, 0.3) is 54.9 Å². The Morgan fingerprint density at radius 2 is 0.759 bits per heavy atom. The summed E-state index contributed by atoms with van der Waals surface area (Å²) in [4.78, 5) is 2.35. The Bertz CT molecular complexity index is 3040. The van der Waals surface area contributed by atoms with Crippen molar-refractivity contribution < 1.29 is 0 Å². The first-order chi connectivity index (χ1) is 28.8. The van der Waals surface area contributed by atoms with Gasteiger partial charge in [-0.3, -0.25) is 0 Å². The third-order valence-corrected chi connectivity index (χ3v) is 12.1. The van der Waals surface area contributed by atoms with E-state index in [1.165, 1.54) is 77.2 Å². The number of fused-ring (bicyclic) bond motifs is 6. The van der Waals surface area contributed by atoms with E-state index in [2.05, 4.69) is 241 Å². The van der Waals surface area contributed by atoms with Crippen LogP contribution in [0.1, 0.15) is 22.3 Å². The largest absolute Gasteiger partial charge is 0.311 e. The van der Waals surface area contributed by atoms with Gasteiger partial charge < -0.3 is 4.90 Å². The van der Waals surface area contributed by atoms with Crippen molar-refractivity contribution in [3.8, 4) is 33.4 Å². The third-order valence-electron chi connectivity index (χ3n) is 12.1. The molecule has 0 saturated heterocycles. The van der Waals surface area contributed by atoms with Crippen LogP contribution in [-0.4, -0.2) is 0 Å². The van der Waals surface area contributed by atoms with E-state index in [-0.39, 0.29) is 0 Å². The fourth-order valence-electron chi connectivity index (χ4n) is 9.63. The average Bonchev–Trinajstić information content (AvgIpc) is 3.62. The second kappa shape index (κ2) is 13.9. The van der Waals surface area contributed by atoms with Crippen LogP contribution >= 0.6 is 0 Å². The number of hydrogen-bond acceptors (Lipinski definition) is 1. The summed E-state index contributed by atoms with van der Waals surface area (Å²) in [5, 5.41) is 5.09. The number of nitrogens with zero attached hydrogens (tertiary/aromatic N) is 1. The molecule has 0 radical (unpaired) electrons. The Hall–Kier alpha value is -7.48. The van der Waals surface area contributed by atoms with E-state index in [4.69, 9.17) is 0 Å². The highest BCUT2D eigenvalue weighted by atomic mass is 15.1. The normalized spacial score (nSPS) is 12.6. The van der Waals surface area contributed by atoms with Crippen molar-refractivity contribution >= 4 is 38.6 Å². The highest BCUT2D eigenvalue weighted by molar-refractivity contribution is 6.13. The molecule has 0 atom stereocenters. The van der Waals surface area contributed by atoms with Gasteiger partial charge in [0.2, 0.25) is 0 Å². The number of benzene rings is 10. The number of anilines is 3. The molecule has 0 fully saturated rings. The summed E-state index contributed by atoms with van der Waals surface area (Å²) in [5.41, 5.74) is 15.6. The quantitative estimate of drug-likeness (QED) is 0.147. The van der Waals surface area contributed by atoms with Crippen molar-refractivity contribution in [1.82, 2.24) is 0 Å². The predicted octanol–water partition coefficient (Wildman–Crippen LogP) is 15.2. The smallest absolute Gasteiger partial charge is 0.0713 e. The zero-order valence-corrected chi connectivity index (χ0v) is 32.0. The fraction of sp³-hybridized carbons (Fsp3) is 0.0175. The van der Waals surface area contributed by atoms with E-state index in [0.717, 1.165) is 17.1 Å². The molecule has 0 saturated carbocycles. The number of rotatable bonds is 7. The first kappa shape index (κ1) is 33.8. The van der Waals surface area contributed by atoms with Crippen molar-refractivity contribution in [1.29, 1.82) is 0 Å². The Morgan fingerprint density at radius 1 is 0.293 bits per heavy atom. The molecular weight excluding hydrogens is 699 g/mol. The van der Waals surface area contributed by atoms with Gasteiger partial charge in [0, 0.05) is 17.1 Å². The lowest BCUT2D eigenvalue weighted by molar-refractivity contribution is 0.768. The second-order valence-electron chi connectivity index (χ2n) is 15.2.